The smallest absolute Gasteiger partial charge is 0.225 e. The van der Waals surface area contributed by atoms with Crippen LogP contribution in [0.5, 0.6) is 0 Å². The van der Waals surface area contributed by atoms with Gasteiger partial charge in [0.25, 0.3) is 0 Å². The molecule has 5 heteroatoms. The normalized spacial score (nSPS) is 10.5. The first-order chi connectivity index (χ1) is 9.11. The van der Waals surface area contributed by atoms with Crippen LogP contribution in [0.2, 0.25) is 5.02 Å². The van der Waals surface area contributed by atoms with Gasteiger partial charge in [0.2, 0.25) is 5.95 Å². The van der Waals surface area contributed by atoms with E-state index in [0.717, 1.165) is 28.4 Å². The Morgan fingerprint density at radius 1 is 1.26 bits per heavy atom. The number of nitrogens with zero attached hydrogens (tertiary/aromatic N) is 3. The molecule has 0 bridgehead atoms. The minimum absolute atomic E-state index is 0.573. The topological polar surface area (TPSA) is 55.0 Å². The summed E-state index contributed by atoms with van der Waals surface area (Å²) < 4.78 is 0. The molecule has 0 saturated heterocycles. The fraction of sp³-hybridized carbons (Fsp3) is 0.286. The van der Waals surface area contributed by atoms with Crippen molar-refractivity contribution in [1.29, 1.82) is 0 Å². The number of benzene rings is 1. The van der Waals surface area contributed by atoms with Gasteiger partial charge in [0, 0.05) is 36.9 Å². The molecule has 1 heterocycles. The third-order valence-electron chi connectivity index (χ3n) is 2.88. The van der Waals surface area contributed by atoms with Crippen molar-refractivity contribution in [2.75, 3.05) is 25.0 Å². The van der Waals surface area contributed by atoms with Gasteiger partial charge in [-0.2, -0.15) is 0 Å². The zero-order chi connectivity index (χ0) is 13.8. The zero-order valence-electron chi connectivity index (χ0n) is 11.1. The molecule has 4 nitrogen and oxygen atoms in total. The van der Waals surface area contributed by atoms with Crippen LogP contribution in [0.3, 0.4) is 0 Å². The molecule has 0 saturated carbocycles. The lowest BCUT2D eigenvalue weighted by atomic mass is 10.1. The maximum Gasteiger partial charge on any atom is 0.225 e. The first-order valence-corrected chi connectivity index (χ1v) is 6.50. The standard InChI is InChI=1S/C14H17ClN4/c1-10-9-17-14(19(2)8-7-16)18-13(10)11-3-5-12(15)6-4-11/h3-6,9H,7-8,16H2,1-2H3. The quantitative estimate of drug-likeness (QED) is 0.932. The average molecular weight is 277 g/mol. The number of hydrogen-bond acceptors (Lipinski definition) is 4. The van der Waals surface area contributed by atoms with Crippen molar-refractivity contribution in [1.82, 2.24) is 9.97 Å². The van der Waals surface area contributed by atoms with Crippen molar-refractivity contribution in [3.05, 3.63) is 41.0 Å². The van der Waals surface area contributed by atoms with E-state index < -0.39 is 0 Å². The Morgan fingerprint density at radius 2 is 1.95 bits per heavy atom. The lowest BCUT2D eigenvalue weighted by Gasteiger charge is -2.17. The molecule has 2 N–H and O–H groups in total. The summed E-state index contributed by atoms with van der Waals surface area (Å²) in [6.07, 6.45) is 1.83. The van der Waals surface area contributed by atoms with E-state index in [0.29, 0.717) is 12.5 Å². The largest absolute Gasteiger partial charge is 0.343 e. The molecular weight excluding hydrogens is 260 g/mol. The van der Waals surface area contributed by atoms with E-state index in [1.807, 2.05) is 49.3 Å². The van der Waals surface area contributed by atoms with Crippen LogP contribution in [0.1, 0.15) is 5.56 Å². The lowest BCUT2D eigenvalue weighted by molar-refractivity contribution is 0.845. The van der Waals surface area contributed by atoms with Crippen LogP contribution in [0, 0.1) is 6.92 Å². The van der Waals surface area contributed by atoms with Crippen LogP contribution in [0.25, 0.3) is 11.3 Å². The summed E-state index contributed by atoms with van der Waals surface area (Å²) in [5, 5.41) is 0.718. The summed E-state index contributed by atoms with van der Waals surface area (Å²) >= 11 is 5.91. The molecule has 0 fully saturated rings. The van der Waals surface area contributed by atoms with Crippen LogP contribution in [0.4, 0.5) is 5.95 Å². The molecular formula is C14H17ClN4. The van der Waals surface area contributed by atoms with Gasteiger partial charge in [-0.25, -0.2) is 9.97 Å². The third-order valence-corrected chi connectivity index (χ3v) is 3.13. The Labute approximate surface area is 118 Å². The minimum atomic E-state index is 0.573. The van der Waals surface area contributed by atoms with E-state index in [1.54, 1.807) is 0 Å². The summed E-state index contributed by atoms with van der Waals surface area (Å²) in [6, 6.07) is 7.65. The van der Waals surface area contributed by atoms with E-state index in [1.165, 1.54) is 0 Å². The Bertz CT molecular complexity index is 554. The number of halogens is 1. The number of anilines is 1. The molecule has 1 aromatic carbocycles. The van der Waals surface area contributed by atoms with Crippen LogP contribution >= 0.6 is 11.6 Å². The molecule has 0 amide bonds. The molecule has 0 aliphatic carbocycles. The number of aryl methyl sites for hydroxylation is 1. The Morgan fingerprint density at radius 3 is 2.58 bits per heavy atom. The molecule has 1 aromatic heterocycles. The number of hydrogen-bond donors (Lipinski definition) is 1. The van der Waals surface area contributed by atoms with E-state index in [-0.39, 0.29) is 0 Å². The molecule has 100 valence electrons. The Kier molecular flexibility index (Phi) is 4.35. The van der Waals surface area contributed by atoms with E-state index in [9.17, 15) is 0 Å². The second-order valence-electron chi connectivity index (χ2n) is 4.42. The van der Waals surface area contributed by atoms with Crippen LogP contribution in [-0.4, -0.2) is 30.1 Å². The molecule has 0 unspecified atom stereocenters. The van der Waals surface area contributed by atoms with Gasteiger partial charge in [0.15, 0.2) is 0 Å². The highest BCUT2D eigenvalue weighted by Crippen LogP contribution is 2.24. The monoisotopic (exact) mass is 276 g/mol. The summed E-state index contributed by atoms with van der Waals surface area (Å²) in [5.74, 6) is 0.681. The van der Waals surface area contributed by atoms with Gasteiger partial charge in [0.05, 0.1) is 5.69 Å². The highest BCUT2D eigenvalue weighted by atomic mass is 35.5. The Balaban J connectivity index is 2.39. The van der Waals surface area contributed by atoms with Gasteiger partial charge in [-0.15, -0.1) is 0 Å². The number of rotatable bonds is 4. The fourth-order valence-electron chi connectivity index (χ4n) is 1.81. The second-order valence-corrected chi connectivity index (χ2v) is 4.86. The molecule has 0 spiro atoms. The molecule has 0 aliphatic rings. The van der Waals surface area contributed by atoms with Gasteiger partial charge >= 0.3 is 0 Å². The second kappa shape index (κ2) is 5.99. The van der Waals surface area contributed by atoms with Gasteiger partial charge in [0.1, 0.15) is 0 Å². The van der Waals surface area contributed by atoms with Gasteiger partial charge in [-0.1, -0.05) is 23.7 Å². The molecule has 0 radical (unpaired) electrons. The SMILES string of the molecule is Cc1cnc(N(C)CCN)nc1-c1ccc(Cl)cc1. The maximum absolute atomic E-state index is 5.91. The van der Waals surface area contributed by atoms with Crippen molar-refractivity contribution in [2.24, 2.45) is 5.73 Å². The van der Waals surface area contributed by atoms with Gasteiger partial charge < -0.3 is 10.6 Å². The number of likely N-dealkylation sites (N-methyl/N-ethyl adjacent to an activating group) is 1. The first-order valence-electron chi connectivity index (χ1n) is 6.12. The highest BCUT2D eigenvalue weighted by molar-refractivity contribution is 6.30. The number of aromatic nitrogens is 2. The van der Waals surface area contributed by atoms with Crippen LogP contribution in [0.15, 0.2) is 30.5 Å². The summed E-state index contributed by atoms with van der Waals surface area (Å²) in [7, 11) is 1.93. The number of nitrogens with two attached hydrogens (primary N) is 1. The first kappa shape index (κ1) is 13.8. The van der Waals surface area contributed by atoms with Crippen molar-refractivity contribution in [3.8, 4) is 11.3 Å². The van der Waals surface area contributed by atoms with Gasteiger partial charge in [-0.05, 0) is 24.6 Å². The zero-order valence-corrected chi connectivity index (χ0v) is 11.9. The summed E-state index contributed by atoms with van der Waals surface area (Å²) in [6.45, 7) is 3.30. The summed E-state index contributed by atoms with van der Waals surface area (Å²) in [5.41, 5.74) is 8.54. The van der Waals surface area contributed by atoms with Crippen LogP contribution < -0.4 is 10.6 Å². The predicted octanol–water partition coefficient (Wildman–Crippen LogP) is 2.50. The van der Waals surface area contributed by atoms with E-state index in [4.69, 9.17) is 17.3 Å². The van der Waals surface area contributed by atoms with Crippen molar-refractivity contribution in [2.45, 2.75) is 6.92 Å². The average Bonchev–Trinajstić information content (AvgIpc) is 2.41. The molecule has 2 aromatic rings. The fourth-order valence-corrected chi connectivity index (χ4v) is 1.94. The minimum Gasteiger partial charge on any atom is -0.343 e. The van der Waals surface area contributed by atoms with Crippen molar-refractivity contribution < 1.29 is 0 Å². The molecule has 0 atom stereocenters. The third kappa shape index (κ3) is 3.22. The van der Waals surface area contributed by atoms with Gasteiger partial charge in [-0.3, -0.25) is 0 Å². The lowest BCUT2D eigenvalue weighted by Crippen LogP contribution is -2.26. The van der Waals surface area contributed by atoms with Crippen molar-refractivity contribution >= 4 is 17.5 Å². The molecule has 2 rings (SSSR count). The summed E-state index contributed by atoms with van der Waals surface area (Å²) in [4.78, 5) is 10.9. The Hall–Kier alpha value is -1.65. The predicted molar refractivity (Wildman–Crippen MR) is 79.5 cm³/mol. The maximum atomic E-state index is 5.91. The highest BCUT2D eigenvalue weighted by Gasteiger charge is 2.09. The molecule has 0 aliphatic heterocycles. The van der Waals surface area contributed by atoms with Crippen LogP contribution in [-0.2, 0) is 0 Å². The van der Waals surface area contributed by atoms with E-state index >= 15 is 0 Å². The molecule has 19 heavy (non-hydrogen) atoms. The van der Waals surface area contributed by atoms with E-state index in [2.05, 4.69) is 9.97 Å². The van der Waals surface area contributed by atoms with Crippen molar-refractivity contribution in [3.63, 3.8) is 0 Å².